The van der Waals surface area contributed by atoms with Crippen molar-refractivity contribution in [2.24, 2.45) is 5.92 Å². The van der Waals surface area contributed by atoms with Crippen molar-refractivity contribution in [1.82, 2.24) is 5.32 Å². The molecule has 1 aromatic carbocycles. The molecule has 2 aromatic rings. The molecule has 0 bridgehead atoms. The molecule has 0 fully saturated rings. The summed E-state index contributed by atoms with van der Waals surface area (Å²) in [5.41, 5.74) is 0.271. The first-order valence-corrected chi connectivity index (χ1v) is 9.35. The van der Waals surface area contributed by atoms with E-state index in [2.05, 4.69) is 10.6 Å². The summed E-state index contributed by atoms with van der Waals surface area (Å²) in [5, 5.41) is 5.08. The van der Waals surface area contributed by atoms with Crippen LogP contribution in [0.4, 0.5) is 5.69 Å². The van der Waals surface area contributed by atoms with Gasteiger partial charge >= 0.3 is 11.9 Å². The van der Waals surface area contributed by atoms with Crippen LogP contribution in [0.15, 0.2) is 47.1 Å². The van der Waals surface area contributed by atoms with Crippen LogP contribution in [0, 0.1) is 5.92 Å². The molecule has 0 unspecified atom stereocenters. The highest BCUT2D eigenvalue weighted by Crippen LogP contribution is 2.18. The molecule has 1 aromatic heterocycles. The molecule has 0 saturated heterocycles. The summed E-state index contributed by atoms with van der Waals surface area (Å²) >= 11 is 0. The third-order valence-corrected chi connectivity index (χ3v) is 4.46. The predicted molar refractivity (Wildman–Crippen MR) is 107 cm³/mol. The second-order valence-electron chi connectivity index (χ2n) is 6.51. The van der Waals surface area contributed by atoms with Crippen molar-refractivity contribution < 1.29 is 33.1 Å². The highest BCUT2D eigenvalue weighted by molar-refractivity contribution is 6.06. The minimum absolute atomic E-state index is 0.0663. The first-order chi connectivity index (χ1) is 14.4. The Hall–Kier alpha value is -3.62. The number of anilines is 1. The molecule has 2 atom stereocenters. The van der Waals surface area contributed by atoms with Crippen LogP contribution in [0.2, 0.25) is 0 Å². The maximum atomic E-state index is 12.4. The number of furan rings is 1. The number of amides is 2. The van der Waals surface area contributed by atoms with Gasteiger partial charge in [0.25, 0.3) is 11.8 Å². The second-order valence-corrected chi connectivity index (χ2v) is 6.51. The van der Waals surface area contributed by atoms with Crippen LogP contribution in [0.25, 0.3) is 0 Å². The van der Waals surface area contributed by atoms with Crippen LogP contribution in [-0.2, 0) is 19.1 Å². The highest BCUT2D eigenvalue weighted by atomic mass is 16.5. The van der Waals surface area contributed by atoms with E-state index in [4.69, 9.17) is 13.9 Å². The van der Waals surface area contributed by atoms with Gasteiger partial charge in [0, 0.05) is 0 Å². The summed E-state index contributed by atoms with van der Waals surface area (Å²) in [6, 6.07) is 8.40. The zero-order chi connectivity index (χ0) is 22.1. The van der Waals surface area contributed by atoms with Gasteiger partial charge in [-0.3, -0.25) is 9.59 Å². The van der Waals surface area contributed by atoms with Crippen molar-refractivity contribution in [2.75, 3.05) is 19.0 Å². The molecule has 0 spiro atoms. The SMILES string of the molecule is CC[C@@H](C)[C@H](NC(=O)COC(=O)c1ccccc1NC(=O)c1ccco1)C(=O)OC. The fourth-order valence-electron chi connectivity index (χ4n) is 2.58. The van der Waals surface area contributed by atoms with Crippen LogP contribution in [0.3, 0.4) is 0 Å². The Morgan fingerprint density at radius 1 is 1.10 bits per heavy atom. The van der Waals surface area contributed by atoms with E-state index in [1.54, 1.807) is 25.1 Å². The maximum absolute atomic E-state index is 12.4. The molecule has 2 rings (SSSR count). The van der Waals surface area contributed by atoms with E-state index in [0.29, 0.717) is 6.42 Å². The Kier molecular flexibility index (Phi) is 8.16. The van der Waals surface area contributed by atoms with Crippen molar-refractivity contribution in [3.05, 3.63) is 54.0 Å². The Morgan fingerprint density at radius 2 is 1.83 bits per heavy atom. The van der Waals surface area contributed by atoms with Crippen molar-refractivity contribution in [3.63, 3.8) is 0 Å². The summed E-state index contributed by atoms with van der Waals surface area (Å²) in [5.74, 6) is -2.64. The zero-order valence-corrected chi connectivity index (χ0v) is 17.0. The number of hydrogen-bond donors (Lipinski definition) is 2. The van der Waals surface area contributed by atoms with Crippen molar-refractivity contribution in [2.45, 2.75) is 26.3 Å². The summed E-state index contributed by atoms with van der Waals surface area (Å²) < 4.78 is 14.8. The lowest BCUT2D eigenvalue weighted by molar-refractivity contribution is -0.147. The minimum Gasteiger partial charge on any atom is -0.467 e. The molecule has 0 aliphatic heterocycles. The third kappa shape index (κ3) is 5.94. The number of nitrogens with one attached hydrogen (secondary N) is 2. The molecule has 2 N–H and O–H groups in total. The normalized spacial score (nSPS) is 12.4. The Morgan fingerprint density at radius 3 is 2.47 bits per heavy atom. The lowest BCUT2D eigenvalue weighted by Gasteiger charge is -2.21. The van der Waals surface area contributed by atoms with E-state index in [9.17, 15) is 19.2 Å². The lowest BCUT2D eigenvalue weighted by atomic mass is 9.99. The molecule has 9 heteroatoms. The molecule has 0 saturated carbocycles. The van der Waals surface area contributed by atoms with Gasteiger partial charge in [-0.1, -0.05) is 32.4 Å². The number of hydrogen-bond acceptors (Lipinski definition) is 7. The van der Waals surface area contributed by atoms with Gasteiger partial charge in [0.05, 0.1) is 24.6 Å². The molecule has 2 amide bonds. The summed E-state index contributed by atoms with van der Waals surface area (Å²) in [6.07, 6.45) is 2.00. The van der Waals surface area contributed by atoms with Gasteiger partial charge in [-0.05, 0) is 30.2 Å². The number of ether oxygens (including phenoxy) is 2. The fraction of sp³-hybridized carbons (Fsp3) is 0.333. The van der Waals surface area contributed by atoms with Gasteiger partial charge < -0.3 is 24.5 Å². The summed E-state index contributed by atoms with van der Waals surface area (Å²) in [7, 11) is 1.23. The average molecular weight is 416 g/mol. The average Bonchev–Trinajstić information content (AvgIpc) is 3.30. The number of methoxy groups -OCH3 is 1. The highest BCUT2D eigenvalue weighted by Gasteiger charge is 2.27. The Bertz CT molecular complexity index is 893. The first-order valence-electron chi connectivity index (χ1n) is 9.35. The van der Waals surface area contributed by atoms with Crippen LogP contribution in [-0.4, -0.2) is 43.5 Å². The van der Waals surface area contributed by atoms with Gasteiger partial charge in [-0.25, -0.2) is 9.59 Å². The standard InChI is InChI=1S/C21H24N2O7/c1-4-13(2)18(21(27)28-3)23-17(24)12-30-20(26)14-8-5-6-9-15(14)22-19(25)16-10-7-11-29-16/h5-11,13,18H,4,12H2,1-3H3,(H,22,25)(H,23,24)/t13-,18+/m1/s1. The molecule has 9 nitrogen and oxygen atoms in total. The number of benzene rings is 1. The van der Waals surface area contributed by atoms with Gasteiger partial charge in [0.15, 0.2) is 12.4 Å². The Labute approximate surface area is 173 Å². The number of carbonyl (C=O) groups excluding carboxylic acids is 4. The molecule has 0 aliphatic carbocycles. The van der Waals surface area contributed by atoms with Gasteiger partial charge in [0.2, 0.25) is 0 Å². The van der Waals surface area contributed by atoms with Crippen molar-refractivity contribution in [1.29, 1.82) is 0 Å². The van der Waals surface area contributed by atoms with E-state index >= 15 is 0 Å². The lowest BCUT2D eigenvalue weighted by Crippen LogP contribution is -2.47. The molecular weight excluding hydrogens is 392 g/mol. The smallest absolute Gasteiger partial charge is 0.340 e. The van der Waals surface area contributed by atoms with Crippen molar-refractivity contribution in [3.8, 4) is 0 Å². The van der Waals surface area contributed by atoms with Gasteiger partial charge in [-0.15, -0.1) is 0 Å². The van der Waals surface area contributed by atoms with Crippen LogP contribution in [0.1, 0.15) is 41.2 Å². The molecule has 1 heterocycles. The van der Waals surface area contributed by atoms with E-state index < -0.39 is 36.4 Å². The molecule has 30 heavy (non-hydrogen) atoms. The second kappa shape index (κ2) is 10.8. The van der Waals surface area contributed by atoms with E-state index in [0.717, 1.165) is 0 Å². The van der Waals surface area contributed by atoms with Crippen LogP contribution < -0.4 is 10.6 Å². The largest absolute Gasteiger partial charge is 0.467 e. The number of rotatable bonds is 9. The number of esters is 2. The summed E-state index contributed by atoms with van der Waals surface area (Å²) in [4.78, 5) is 48.6. The zero-order valence-electron chi connectivity index (χ0n) is 17.0. The fourth-order valence-corrected chi connectivity index (χ4v) is 2.58. The first kappa shape index (κ1) is 22.7. The molecule has 0 aliphatic rings. The minimum atomic E-state index is -0.842. The van der Waals surface area contributed by atoms with Crippen LogP contribution >= 0.6 is 0 Å². The third-order valence-electron chi connectivity index (χ3n) is 4.46. The van der Waals surface area contributed by atoms with Gasteiger partial charge in [-0.2, -0.15) is 0 Å². The molecular formula is C21H24N2O7. The Balaban J connectivity index is 2.00. The van der Waals surface area contributed by atoms with E-state index in [1.807, 2.05) is 6.92 Å². The molecule has 0 radical (unpaired) electrons. The monoisotopic (exact) mass is 416 g/mol. The topological polar surface area (TPSA) is 124 Å². The molecule has 160 valence electrons. The number of carbonyl (C=O) groups is 4. The summed E-state index contributed by atoms with van der Waals surface area (Å²) in [6.45, 7) is 3.08. The van der Waals surface area contributed by atoms with Crippen LogP contribution in [0.5, 0.6) is 0 Å². The van der Waals surface area contributed by atoms with Crippen molar-refractivity contribution >= 4 is 29.4 Å². The van der Waals surface area contributed by atoms with E-state index in [-0.39, 0.29) is 22.9 Å². The quantitative estimate of drug-likeness (QED) is 0.602. The van der Waals surface area contributed by atoms with Gasteiger partial charge in [0.1, 0.15) is 6.04 Å². The van der Waals surface area contributed by atoms with E-state index in [1.165, 1.54) is 31.6 Å². The predicted octanol–water partition coefficient (Wildman–Crippen LogP) is 2.39. The number of para-hydroxylation sites is 1. The maximum Gasteiger partial charge on any atom is 0.340 e.